The van der Waals surface area contributed by atoms with Crippen LogP contribution in [0.15, 0.2) is 0 Å². The number of rotatable bonds is 0. The number of nitrogens with zero attached hydrogens (tertiary/aromatic N) is 1. The van der Waals surface area contributed by atoms with Gasteiger partial charge in [0.05, 0.1) is 6.04 Å². The highest BCUT2D eigenvalue weighted by molar-refractivity contribution is 5.87. The minimum Gasteiger partial charge on any atom is -0.298 e. The summed E-state index contributed by atoms with van der Waals surface area (Å²) in [5.41, 5.74) is 0. The summed E-state index contributed by atoms with van der Waals surface area (Å²) in [7, 11) is 0. The van der Waals surface area contributed by atoms with Gasteiger partial charge in [-0.25, -0.2) is 0 Å². The molecule has 3 rings (SSSR count). The lowest BCUT2D eigenvalue weighted by Crippen LogP contribution is -2.57. The second-order valence-corrected chi connectivity index (χ2v) is 3.95. The van der Waals surface area contributed by atoms with E-state index in [1.54, 1.807) is 0 Å². The molecular formula is C9H15NO. The molecule has 2 heteroatoms. The number of carbonyl (C=O) groups is 1. The molecule has 3 aliphatic rings. The third-order valence-corrected chi connectivity index (χ3v) is 3.26. The summed E-state index contributed by atoms with van der Waals surface area (Å²) in [5.74, 6) is 1.47. The fraction of sp³-hybridized carbons (Fsp3) is 0.889. The lowest BCUT2D eigenvalue weighted by atomic mass is 9.76. The molecule has 4 atom stereocenters. The highest BCUT2D eigenvalue weighted by atomic mass is 16.1. The minimum absolute atomic E-state index is 0.213. The number of fused-ring (bicyclic) bond motifs is 3. The van der Waals surface area contributed by atoms with Crippen LogP contribution < -0.4 is 0 Å². The van der Waals surface area contributed by atoms with Gasteiger partial charge in [-0.05, 0) is 25.8 Å². The van der Waals surface area contributed by atoms with Crippen LogP contribution in [-0.4, -0.2) is 29.8 Å². The lowest BCUT2D eigenvalue weighted by molar-refractivity contribution is -0.139. The Morgan fingerprint density at radius 2 is 2.18 bits per heavy atom. The summed E-state index contributed by atoms with van der Waals surface area (Å²) in [4.78, 5) is 13.9. The molecule has 4 unspecified atom stereocenters. The first-order valence-corrected chi connectivity index (χ1v) is 4.48. The fourth-order valence-electron chi connectivity index (χ4n) is 2.44. The van der Waals surface area contributed by atoms with Crippen molar-refractivity contribution in [3.8, 4) is 0 Å². The van der Waals surface area contributed by atoms with Gasteiger partial charge in [-0.15, -0.1) is 0 Å². The topological polar surface area (TPSA) is 20.3 Å². The molecule has 0 amide bonds. The quantitative estimate of drug-likeness (QED) is 0.515. The number of piperidine rings is 3. The van der Waals surface area contributed by atoms with Gasteiger partial charge in [0.15, 0.2) is 5.78 Å². The van der Waals surface area contributed by atoms with Crippen LogP contribution in [0.1, 0.15) is 20.3 Å². The van der Waals surface area contributed by atoms with Gasteiger partial charge in [0.25, 0.3) is 0 Å². The second kappa shape index (κ2) is 2.31. The van der Waals surface area contributed by atoms with Gasteiger partial charge in [-0.1, -0.05) is 6.92 Å². The Hall–Kier alpha value is -0.370. The Morgan fingerprint density at radius 1 is 1.45 bits per heavy atom. The summed E-state index contributed by atoms with van der Waals surface area (Å²) in [5, 5.41) is 0. The summed E-state index contributed by atoms with van der Waals surface area (Å²) < 4.78 is 0. The highest BCUT2D eigenvalue weighted by Gasteiger charge is 2.42. The van der Waals surface area contributed by atoms with E-state index in [4.69, 9.17) is 0 Å². The average molecular weight is 153 g/mol. The first-order chi connectivity index (χ1) is 5.20. The van der Waals surface area contributed by atoms with Gasteiger partial charge in [0.1, 0.15) is 0 Å². The third kappa shape index (κ3) is 0.924. The molecule has 0 aliphatic carbocycles. The van der Waals surface area contributed by atoms with Crippen molar-refractivity contribution in [3.63, 3.8) is 0 Å². The SMILES string of the molecule is CC1CN2CCC1C(=O)C2C. The number of hydrogen-bond acceptors (Lipinski definition) is 2. The van der Waals surface area contributed by atoms with E-state index in [2.05, 4.69) is 11.8 Å². The monoisotopic (exact) mass is 153 g/mol. The number of hydrogen-bond donors (Lipinski definition) is 0. The minimum atomic E-state index is 0.213. The van der Waals surface area contributed by atoms with E-state index in [9.17, 15) is 4.79 Å². The van der Waals surface area contributed by atoms with Crippen molar-refractivity contribution in [3.05, 3.63) is 0 Å². The molecular weight excluding hydrogens is 138 g/mol. The first kappa shape index (κ1) is 7.29. The van der Waals surface area contributed by atoms with Crippen LogP contribution in [0.25, 0.3) is 0 Å². The summed E-state index contributed by atoms with van der Waals surface area (Å²) in [6, 6.07) is 0.213. The molecule has 2 bridgehead atoms. The van der Waals surface area contributed by atoms with Crippen LogP contribution in [0.3, 0.4) is 0 Å². The van der Waals surface area contributed by atoms with Crippen LogP contribution in [0.5, 0.6) is 0 Å². The van der Waals surface area contributed by atoms with Gasteiger partial charge in [0.2, 0.25) is 0 Å². The zero-order chi connectivity index (χ0) is 8.01. The maximum absolute atomic E-state index is 11.6. The van der Waals surface area contributed by atoms with Crippen molar-refractivity contribution in [1.29, 1.82) is 0 Å². The number of carbonyl (C=O) groups excluding carboxylic acids is 1. The zero-order valence-corrected chi connectivity index (χ0v) is 7.21. The molecule has 0 N–H and O–H groups in total. The van der Waals surface area contributed by atoms with E-state index in [-0.39, 0.29) is 6.04 Å². The van der Waals surface area contributed by atoms with Gasteiger partial charge < -0.3 is 0 Å². The molecule has 3 aliphatic heterocycles. The molecule has 0 spiro atoms. The molecule has 0 aromatic carbocycles. The van der Waals surface area contributed by atoms with Gasteiger partial charge >= 0.3 is 0 Å². The predicted octanol–water partition coefficient (Wildman–Crippen LogP) is 0.916. The van der Waals surface area contributed by atoms with E-state index in [0.29, 0.717) is 17.6 Å². The lowest BCUT2D eigenvalue weighted by Gasteiger charge is -2.46. The first-order valence-electron chi connectivity index (χ1n) is 4.48. The van der Waals surface area contributed by atoms with Crippen molar-refractivity contribution >= 4 is 5.78 Å². The Balaban J connectivity index is 2.23. The van der Waals surface area contributed by atoms with Crippen LogP contribution in [0.2, 0.25) is 0 Å². The zero-order valence-electron chi connectivity index (χ0n) is 7.21. The molecule has 2 nitrogen and oxygen atoms in total. The van der Waals surface area contributed by atoms with Crippen molar-refractivity contribution in [2.45, 2.75) is 26.3 Å². The third-order valence-electron chi connectivity index (χ3n) is 3.26. The van der Waals surface area contributed by atoms with Gasteiger partial charge in [0, 0.05) is 12.5 Å². The van der Waals surface area contributed by atoms with E-state index >= 15 is 0 Å². The van der Waals surface area contributed by atoms with Crippen molar-refractivity contribution < 1.29 is 4.79 Å². The molecule has 0 aromatic rings. The predicted molar refractivity (Wildman–Crippen MR) is 43.3 cm³/mol. The summed E-state index contributed by atoms with van der Waals surface area (Å²) in [6.45, 7) is 6.51. The molecule has 3 fully saturated rings. The maximum Gasteiger partial charge on any atom is 0.153 e. The Labute approximate surface area is 67.6 Å². The Bertz CT molecular complexity index is 190. The van der Waals surface area contributed by atoms with Gasteiger partial charge in [-0.2, -0.15) is 0 Å². The summed E-state index contributed by atoms with van der Waals surface area (Å²) in [6.07, 6.45) is 1.10. The number of Topliss-reactive ketones (excluding diaryl/α,β-unsaturated/α-hetero) is 1. The molecule has 3 saturated heterocycles. The second-order valence-electron chi connectivity index (χ2n) is 3.95. The molecule has 0 aromatic heterocycles. The maximum atomic E-state index is 11.6. The van der Waals surface area contributed by atoms with E-state index < -0.39 is 0 Å². The van der Waals surface area contributed by atoms with Crippen LogP contribution >= 0.6 is 0 Å². The van der Waals surface area contributed by atoms with E-state index in [1.165, 1.54) is 0 Å². The smallest absolute Gasteiger partial charge is 0.153 e. The molecule has 0 saturated carbocycles. The van der Waals surface area contributed by atoms with Crippen molar-refractivity contribution in [2.24, 2.45) is 11.8 Å². The highest BCUT2D eigenvalue weighted by Crippen LogP contribution is 2.32. The van der Waals surface area contributed by atoms with E-state index in [1.807, 2.05) is 6.92 Å². The molecule has 11 heavy (non-hydrogen) atoms. The standard InChI is InChI=1S/C9H15NO/c1-6-5-10-4-3-8(6)9(11)7(10)2/h6-8H,3-5H2,1-2H3. The fourth-order valence-corrected chi connectivity index (χ4v) is 2.44. The largest absolute Gasteiger partial charge is 0.298 e. The van der Waals surface area contributed by atoms with Gasteiger partial charge in [-0.3, -0.25) is 9.69 Å². The Morgan fingerprint density at radius 3 is 2.64 bits per heavy atom. The number of ketones is 1. The van der Waals surface area contributed by atoms with E-state index in [0.717, 1.165) is 19.5 Å². The average Bonchev–Trinajstić information content (AvgIpc) is 1.99. The van der Waals surface area contributed by atoms with Crippen LogP contribution in [-0.2, 0) is 4.79 Å². The molecule has 3 heterocycles. The summed E-state index contributed by atoms with van der Waals surface area (Å²) >= 11 is 0. The molecule has 62 valence electrons. The van der Waals surface area contributed by atoms with Crippen molar-refractivity contribution in [2.75, 3.05) is 13.1 Å². The van der Waals surface area contributed by atoms with Crippen LogP contribution in [0, 0.1) is 11.8 Å². The molecule has 0 radical (unpaired) electrons. The van der Waals surface area contributed by atoms with Crippen LogP contribution in [0.4, 0.5) is 0 Å². The Kier molecular flexibility index (Phi) is 1.53. The normalized spacial score (nSPS) is 49.8. The van der Waals surface area contributed by atoms with Crippen molar-refractivity contribution in [1.82, 2.24) is 4.90 Å².